The Bertz CT molecular complexity index is 674. The minimum atomic E-state index is -0.533. The highest BCUT2D eigenvalue weighted by molar-refractivity contribution is 5.64. The molecule has 0 aromatic heterocycles. The van der Waals surface area contributed by atoms with E-state index in [1.165, 1.54) is 24.3 Å². The van der Waals surface area contributed by atoms with Crippen molar-refractivity contribution in [2.45, 2.75) is 6.92 Å². The van der Waals surface area contributed by atoms with E-state index in [0.29, 0.717) is 22.5 Å². The van der Waals surface area contributed by atoms with Crippen molar-refractivity contribution in [3.8, 4) is 16.9 Å². The van der Waals surface area contributed by atoms with Crippen LogP contribution in [0.15, 0.2) is 67.0 Å². The molecule has 0 N–H and O–H groups in total. The summed E-state index contributed by atoms with van der Waals surface area (Å²) in [6, 6.07) is 10.4. The first-order valence-corrected chi connectivity index (χ1v) is 6.05. The molecule has 0 saturated heterocycles. The summed E-state index contributed by atoms with van der Waals surface area (Å²) in [6.07, 6.45) is 0. The van der Waals surface area contributed by atoms with Crippen molar-refractivity contribution in [2.24, 2.45) is 0 Å². The lowest BCUT2D eigenvalue weighted by molar-refractivity contribution is 0.408. The highest BCUT2D eigenvalue weighted by Crippen LogP contribution is 2.27. The number of benzene rings is 2. The first-order valence-electron chi connectivity index (χ1n) is 6.05. The summed E-state index contributed by atoms with van der Waals surface area (Å²) in [4.78, 5) is 0. The van der Waals surface area contributed by atoms with Crippen LogP contribution >= 0.6 is 0 Å². The Morgan fingerprint density at radius 3 is 2.30 bits per heavy atom. The number of allylic oxidation sites excluding steroid dienone is 1. The standard InChI is InChI=1S/C17H14F2O/c1-11(2)12(3)20-17-8-7-14(10-16(17)19)13-5-4-6-15(18)9-13/h4-10H,1,3H2,2H3. The van der Waals surface area contributed by atoms with Crippen molar-refractivity contribution in [1.29, 1.82) is 0 Å². The molecule has 0 radical (unpaired) electrons. The summed E-state index contributed by atoms with van der Waals surface area (Å²) in [6.45, 7) is 9.04. The Balaban J connectivity index is 2.30. The molecule has 2 rings (SSSR count). The molecule has 0 unspecified atom stereocenters. The molecule has 1 nitrogen and oxygen atoms in total. The van der Waals surface area contributed by atoms with E-state index >= 15 is 0 Å². The predicted octanol–water partition coefficient (Wildman–Crippen LogP) is 5.10. The molecule has 0 bridgehead atoms. The second-order valence-corrected chi connectivity index (χ2v) is 4.46. The van der Waals surface area contributed by atoms with Crippen molar-refractivity contribution >= 4 is 0 Å². The van der Waals surface area contributed by atoms with Gasteiger partial charge in [-0.1, -0.05) is 31.4 Å². The number of ether oxygens (including phenoxy) is 1. The molecule has 0 aliphatic rings. The fourth-order valence-corrected chi connectivity index (χ4v) is 1.65. The van der Waals surface area contributed by atoms with Crippen molar-refractivity contribution in [2.75, 3.05) is 0 Å². The Hall–Kier alpha value is -2.42. The number of rotatable bonds is 4. The smallest absolute Gasteiger partial charge is 0.166 e. The first-order chi connectivity index (χ1) is 9.47. The third-order valence-electron chi connectivity index (χ3n) is 2.80. The average Bonchev–Trinajstić information content (AvgIpc) is 2.40. The molecule has 2 aromatic rings. The second-order valence-electron chi connectivity index (χ2n) is 4.46. The molecule has 0 fully saturated rings. The Labute approximate surface area is 116 Å². The van der Waals surface area contributed by atoms with Crippen molar-refractivity contribution < 1.29 is 13.5 Å². The maximum Gasteiger partial charge on any atom is 0.166 e. The van der Waals surface area contributed by atoms with Gasteiger partial charge >= 0.3 is 0 Å². The van der Waals surface area contributed by atoms with Gasteiger partial charge in [-0.25, -0.2) is 8.78 Å². The number of halogens is 2. The summed E-state index contributed by atoms with van der Waals surface area (Å²) >= 11 is 0. The second kappa shape index (κ2) is 5.70. The van der Waals surface area contributed by atoms with E-state index < -0.39 is 5.82 Å². The molecule has 0 heterocycles. The van der Waals surface area contributed by atoms with Crippen molar-refractivity contribution in [3.63, 3.8) is 0 Å². The summed E-state index contributed by atoms with van der Waals surface area (Å²) in [7, 11) is 0. The number of hydrogen-bond acceptors (Lipinski definition) is 1. The quantitative estimate of drug-likeness (QED) is 0.555. The fraction of sp³-hybridized carbons (Fsp3) is 0.0588. The van der Waals surface area contributed by atoms with E-state index in [2.05, 4.69) is 13.2 Å². The van der Waals surface area contributed by atoms with Gasteiger partial charge in [0.25, 0.3) is 0 Å². The van der Waals surface area contributed by atoms with E-state index in [0.717, 1.165) is 0 Å². The van der Waals surface area contributed by atoms with Crippen molar-refractivity contribution in [3.05, 3.63) is 78.6 Å². The van der Waals surface area contributed by atoms with Crippen LogP contribution in [0.2, 0.25) is 0 Å². The maximum absolute atomic E-state index is 14.0. The zero-order valence-corrected chi connectivity index (χ0v) is 11.1. The van der Waals surface area contributed by atoms with Crippen molar-refractivity contribution in [1.82, 2.24) is 0 Å². The van der Waals surface area contributed by atoms with E-state index in [1.54, 1.807) is 25.1 Å². The van der Waals surface area contributed by atoms with E-state index in [4.69, 9.17) is 4.74 Å². The summed E-state index contributed by atoms with van der Waals surface area (Å²) in [5.41, 5.74) is 1.81. The average molecular weight is 272 g/mol. The zero-order valence-electron chi connectivity index (χ0n) is 11.1. The zero-order chi connectivity index (χ0) is 14.7. The summed E-state index contributed by atoms with van der Waals surface area (Å²) < 4.78 is 32.4. The normalized spacial score (nSPS) is 10.2. The number of hydrogen-bond donors (Lipinski definition) is 0. The highest BCUT2D eigenvalue weighted by atomic mass is 19.1. The lowest BCUT2D eigenvalue weighted by Gasteiger charge is -2.10. The van der Waals surface area contributed by atoms with Gasteiger partial charge in [0.1, 0.15) is 11.6 Å². The highest BCUT2D eigenvalue weighted by Gasteiger charge is 2.08. The predicted molar refractivity (Wildman–Crippen MR) is 76.4 cm³/mol. The van der Waals surface area contributed by atoms with Gasteiger partial charge in [-0.2, -0.15) is 0 Å². The third-order valence-corrected chi connectivity index (χ3v) is 2.80. The molecule has 102 valence electrons. The summed E-state index contributed by atoms with van der Waals surface area (Å²) in [5.74, 6) is -0.520. The van der Waals surface area contributed by atoms with Gasteiger partial charge in [-0.3, -0.25) is 0 Å². The van der Waals surface area contributed by atoms with Crippen LogP contribution in [0.1, 0.15) is 6.92 Å². The molecule has 0 aliphatic carbocycles. The van der Waals surface area contributed by atoms with Gasteiger partial charge in [0, 0.05) is 0 Å². The molecule has 3 heteroatoms. The van der Waals surface area contributed by atoms with Crippen LogP contribution in [0.25, 0.3) is 11.1 Å². The third kappa shape index (κ3) is 3.12. The lowest BCUT2D eigenvalue weighted by Crippen LogP contribution is -1.96. The minimum absolute atomic E-state index is 0.0677. The molecule has 0 amide bonds. The lowest BCUT2D eigenvalue weighted by atomic mass is 10.1. The Kier molecular flexibility index (Phi) is 3.99. The van der Waals surface area contributed by atoms with Crippen LogP contribution in [-0.2, 0) is 0 Å². The van der Waals surface area contributed by atoms with Gasteiger partial charge in [0.05, 0.1) is 0 Å². The van der Waals surface area contributed by atoms with Gasteiger partial charge < -0.3 is 4.74 Å². The molecule has 0 spiro atoms. The van der Waals surface area contributed by atoms with Gasteiger partial charge in [0.2, 0.25) is 0 Å². The summed E-state index contributed by atoms with van der Waals surface area (Å²) in [5, 5.41) is 0. The molecule has 2 aromatic carbocycles. The van der Waals surface area contributed by atoms with Gasteiger partial charge in [-0.05, 0) is 47.9 Å². The first kappa shape index (κ1) is 14.0. The molecular weight excluding hydrogens is 258 g/mol. The van der Waals surface area contributed by atoms with Crippen LogP contribution in [0, 0.1) is 11.6 Å². The fourth-order valence-electron chi connectivity index (χ4n) is 1.65. The molecule has 20 heavy (non-hydrogen) atoms. The topological polar surface area (TPSA) is 9.23 Å². The van der Waals surface area contributed by atoms with Gasteiger partial charge in [0.15, 0.2) is 11.6 Å². The molecule has 0 atom stereocenters. The molecule has 0 saturated carbocycles. The Morgan fingerprint density at radius 1 is 1.00 bits per heavy atom. The molecule has 0 aliphatic heterocycles. The SMILES string of the molecule is C=C(C)C(=C)Oc1ccc(-c2cccc(F)c2)cc1F. The van der Waals surface area contributed by atoms with Gasteiger partial charge in [-0.15, -0.1) is 0 Å². The maximum atomic E-state index is 14.0. The minimum Gasteiger partial charge on any atom is -0.455 e. The van der Waals surface area contributed by atoms with E-state index in [1.807, 2.05) is 0 Å². The van der Waals surface area contributed by atoms with E-state index in [-0.39, 0.29) is 11.6 Å². The largest absolute Gasteiger partial charge is 0.455 e. The van der Waals surface area contributed by atoms with Crippen LogP contribution in [-0.4, -0.2) is 0 Å². The van der Waals surface area contributed by atoms with Crippen LogP contribution in [0.3, 0.4) is 0 Å². The Morgan fingerprint density at radius 2 is 1.70 bits per heavy atom. The monoisotopic (exact) mass is 272 g/mol. The van der Waals surface area contributed by atoms with Crippen LogP contribution in [0.4, 0.5) is 8.78 Å². The van der Waals surface area contributed by atoms with E-state index in [9.17, 15) is 8.78 Å². The van der Waals surface area contributed by atoms with Crippen LogP contribution < -0.4 is 4.74 Å². The van der Waals surface area contributed by atoms with Crippen LogP contribution in [0.5, 0.6) is 5.75 Å². The molecular formula is C17H14F2O.